The number of nitrogens with one attached hydrogen (secondary N) is 1. The first kappa shape index (κ1) is 46.0. The fourth-order valence-corrected chi connectivity index (χ4v) is 6.40. The standard InChI is InChI=1S/C41H81NO5/c1-3-5-7-9-11-13-15-17-18-19-20-21-23-25-27-29-31-33-35-39(45)41(47)42-37(36-43)40(46)38(44)34-32-30-28-26-24-22-16-14-12-10-8-6-4-2/h26,28,37-40,43-46H,3-25,27,29-36H2,1-2H3,(H,42,47)/b28-26+. The highest BCUT2D eigenvalue weighted by molar-refractivity contribution is 5.80. The molecule has 0 saturated heterocycles. The van der Waals surface area contributed by atoms with Crippen LogP contribution in [0.5, 0.6) is 0 Å². The lowest BCUT2D eigenvalue weighted by molar-refractivity contribution is -0.132. The minimum atomic E-state index is -1.28. The molecule has 5 N–H and O–H groups in total. The van der Waals surface area contributed by atoms with E-state index in [2.05, 4.69) is 31.3 Å². The van der Waals surface area contributed by atoms with E-state index in [4.69, 9.17) is 0 Å². The molecule has 6 heteroatoms. The molecule has 1 amide bonds. The predicted octanol–water partition coefficient (Wildman–Crippen LogP) is 10.2. The van der Waals surface area contributed by atoms with Gasteiger partial charge < -0.3 is 25.7 Å². The minimum Gasteiger partial charge on any atom is -0.394 e. The van der Waals surface area contributed by atoms with Crippen LogP contribution in [0.2, 0.25) is 0 Å². The number of hydrogen-bond acceptors (Lipinski definition) is 5. The molecule has 0 heterocycles. The van der Waals surface area contributed by atoms with Crippen molar-refractivity contribution < 1.29 is 25.2 Å². The van der Waals surface area contributed by atoms with Crippen molar-refractivity contribution in [2.24, 2.45) is 0 Å². The van der Waals surface area contributed by atoms with Gasteiger partial charge in [-0.05, 0) is 38.5 Å². The van der Waals surface area contributed by atoms with Crippen molar-refractivity contribution in [1.82, 2.24) is 5.32 Å². The van der Waals surface area contributed by atoms with Gasteiger partial charge in [0.15, 0.2) is 0 Å². The first-order valence-corrected chi connectivity index (χ1v) is 20.6. The number of carbonyl (C=O) groups is 1. The summed E-state index contributed by atoms with van der Waals surface area (Å²) in [6.07, 6.45) is 38.1. The number of aliphatic hydroxyl groups excluding tert-OH is 4. The fourth-order valence-electron chi connectivity index (χ4n) is 6.40. The number of hydrogen-bond donors (Lipinski definition) is 5. The zero-order chi connectivity index (χ0) is 34.6. The molecule has 4 atom stereocenters. The molecule has 280 valence electrons. The van der Waals surface area contributed by atoms with E-state index in [0.717, 1.165) is 38.5 Å². The molecular weight excluding hydrogens is 586 g/mol. The smallest absolute Gasteiger partial charge is 0.249 e. The van der Waals surface area contributed by atoms with Gasteiger partial charge in [0, 0.05) is 0 Å². The summed E-state index contributed by atoms with van der Waals surface area (Å²) in [5, 5.41) is 43.5. The Labute approximate surface area is 292 Å². The van der Waals surface area contributed by atoms with Crippen molar-refractivity contribution in [1.29, 1.82) is 0 Å². The van der Waals surface area contributed by atoms with Crippen molar-refractivity contribution in [3.05, 3.63) is 12.2 Å². The second-order valence-electron chi connectivity index (χ2n) is 14.3. The molecule has 0 rings (SSSR count). The lowest BCUT2D eigenvalue weighted by atomic mass is 10.00. The maximum atomic E-state index is 12.5. The molecule has 0 aromatic heterocycles. The van der Waals surface area contributed by atoms with E-state index in [9.17, 15) is 25.2 Å². The monoisotopic (exact) mass is 668 g/mol. The number of aliphatic hydroxyl groups is 4. The molecule has 4 unspecified atom stereocenters. The second-order valence-corrected chi connectivity index (χ2v) is 14.3. The molecule has 6 nitrogen and oxygen atoms in total. The van der Waals surface area contributed by atoms with Crippen LogP contribution in [0.15, 0.2) is 12.2 Å². The van der Waals surface area contributed by atoms with Crippen molar-refractivity contribution in [3.63, 3.8) is 0 Å². The number of rotatable bonds is 37. The van der Waals surface area contributed by atoms with Crippen LogP contribution in [0.25, 0.3) is 0 Å². The van der Waals surface area contributed by atoms with Gasteiger partial charge in [0.05, 0.1) is 18.8 Å². The van der Waals surface area contributed by atoms with Gasteiger partial charge in [0.25, 0.3) is 0 Å². The second kappa shape index (κ2) is 36.3. The predicted molar refractivity (Wildman–Crippen MR) is 201 cm³/mol. The van der Waals surface area contributed by atoms with Gasteiger partial charge in [-0.3, -0.25) is 4.79 Å². The summed E-state index contributed by atoms with van der Waals surface area (Å²) in [6, 6.07) is -0.995. The van der Waals surface area contributed by atoms with E-state index in [-0.39, 0.29) is 0 Å². The molecule has 0 saturated carbocycles. The summed E-state index contributed by atoms with van der Waals surface area (Å²) in [6.45, 7) is 4.03. The quantitative estimate of drug-likeness (QED) is 0.0335. The average Bonchev–Trinajstić information content (AvgIpc) is 3.07. The maximum Gasteiger partial charge on any atom is 0.249 e. The molecule has 0 aliphatic rings. The highest BCUT2D eigenvalue weighted by Gasteiger charge is 2.28. The summed E-state index contributed by atoms with van der Waals surface area (Å²) >= 11 is 0. The lowest BCUT2D eigenvalue weighted by Gasteiger charge is -2.27. The van der Waals surface area contributed by atoms with Gasteiger partial charge in [-0.2, -0.15) is 0 Å². The van der Waals surface area contributed by atoms with E-state index in [1.165, 1.54) is 148 Å². The lowest BCUT2D eigenvalue weighted by Crippen LogP contribution is -2.53. The van der Waals surface area contributed by atoms with Gasteiger partial charge >= 0.3 is 0 Å². The summed E-state index contributed by atoms with van der Waals surface area (Å²) in [7, 11) is 0. The van der Waals surface area contributed by atoms with Crippen molar-refractivity contribution in [2.45, 2.75) is 237 Å². The summed E-state index contributed by atoms with van der Waals surface area (Å²) in [5.74, 6) is -0.592. The molecule has 0 aromatic carbocycles. The minimum absolute atomic E-state index is 0.368. The normalized spacial score (nSPS) is 14.4. The van der Waals surface area contributed by atoms with Gasteiger partial charge in [0.1, 0.15) is 12.2 Å². The third-order valence-corrected chi connectivity index (χ3v) is 9.73. The van der Waals surface area contributed by atoms with Crippen LogP contribution in [-0.2, 0) is 4.79 Å². The highest BCUT2D eigenvalue weighted by Crippen LogP contribution is 2.16. The van der Waals surface area contributed by atoms with Gasteiger partial charge in [-0.15, -0.1) is 0 Å². The number of carbonyl (C=O) groups excluding carboxylic acids is 1. The zero-order valence-corrected chi connectivity index (χ0v) is 31.3. The third-order valence-electron chi connectivity index (χ3n) is 9.73. The Morgan fingerprint density at radius 1 is 0.511 bits per heavy atom. The van der Waals surface area contributed by atoms with Crippen LogP contribution in [0.4, 0.5) is 0 Å². The van der Waals surface area contributed by atoms with Crippen LogP contribution >= 0.6 is 0 Å². The zero-order valence-electron chi connectivity index (χ0n) is 31.3. The molecule has 0 aromatic rings. The molecule has 0 bridgehead atoms. The SMILES string of the molecule is CCCCCCCCCC/C=C/CCCC(O)C(O)C(CO)NC(=O)C(O)CCCCCCCCCCCCCCCCCCCC. The molecule has 0 aliphatic heterocycles. The topological polar surface area (TPSA) is 110 Å². The largest absolute Gasteiger partial charge is 0.394 e. The average molecular weight is 668 g/mol. The Balaban J connectivity index is 3.77. The molecular formula is C41H81NO5. The molecule has 0 aliphatic carbocycles. The van der Waals surface area contributed by atoms with Crippen molar-refractivity contribution >= 4 is 5.91 Å². The van der Waals surface area contributed by atoms with Crippen molar-refractivity contribution in [2.75, 3.05) is 6.61 Å². The van der Waals surface area contributed by atoms with Crippen LogP contribution in [-0.4, -0.2) is 57.3 Å². The summed E-state index contributed by atoms with van der Waals surface area (Å²) in [4.78, 5) is 12.5. The third kappa shape index (κ3) is 30.8. The molecule has 47 heavy (non-hydrogen) atoms. The van der Waals surface area contributed by atoms with E-state index in [1.807, 2.05) is 0 Å². The summed E-state index contributed by atoms with van der Waals surface area (Å²) in [5.41, 5.74) is 0. The van der Waals surface area contributed by atoms with E-state index in [1.54, 1.807) is 0 Å². The Morgan fingerprint density at radius 2 is 0.872 bits per heavy atom. The summed E-state index contributed by atoms with van der Waals surface area (Å²) < 4.78 is 0. The van der Waals surface area contributed by atoms with E-state index < -0.39 is 36.9 Å². The van der Waals surface area contributed by atoms with E-state index >= 15 is 0 Å². The van der Waals surface area contributed by atoms with Crippen LogP contribution in [0.3, 0.4) is 0 Å². The van der Waals surface area contributed by atoms with Gasteiger partial charge in [0.2, 0.25) is 5.91 Å². The van der Waals surface area contributed by atoms with Crippen LogP contribution < -0.4 is 5.32 Å². The molecule has 0 radical (unpaired) electrons. The number of amides is 1. The maximum absolute atomic E-state index is 12.5. The first-order chi connectivity index (χ1) is 23.0. The van der Waals surface area contributed by atoms with Gasteiger partial charge in [-0.25, -0.2) is 0 Å². The molecule has 0 spiro atoms. The fraction of sp³-hybridized carbons (Fsp3) is 0.927. The Kier molecular flexibility index (Phi) is 35.6. The Bertz CT molecular complexity index is 672. The van der Waals surface area contributed by atoms with Gasteiger partial charge in [-0.1, -0.05) is 187 Å². The van der Waals surface area contributed by atoms with Crippen LogP contribution in [0, 0.1) is 0 Å². The molecule has 0 fully saturated rings. The van der Waals surface area contributed by atoms with Crippen LogP contribution in [0.1, 0.15) is 213 Å². The Morgan fingerprint density at radius 3 is 1.28 bits per heavy atom. The van der Waals surface area contributed by atoms with E-state index in [0.29, 0.717) is 12.8 Å². The first-order valence-electron chi connectivity index (χ1n) is 20.6. The Hall–Kier alpha value is -0.950. The van der Waals surface area contributed by atoms with Crippen molar-refractivity contribution in [3.8, 4) is 0 Å². The highest BCUT2D eigenvalue weighted by atomic mass is 16.3. The number of unbranched alkanes of at least 4 members (excludes halogenated alkanes) is 26. The number of allylic oxidation sites excluding steroid dienone is 2.